The van der Waals surface area contributed by atoms with E-state index < -0.39 is 0 Å². The number of carbonyl (C=O) groups excluding carboxylic acids is 1. The molecule has 0 aromatic carbocycles. The zero-order valence-electron chi connectivity index (χ0n) is 19.3. The van der Waals surface area contributed by atoms with E-state index in [0.717, 1.165) is 31.6 Å². The van der Waals surface area contributed by atoms with Gasteiger partial charge in [-0.15, -0.1) is 0 Å². The minimum atomic E-state index is 0.0907. The van der Waals surface area contributed by atoms with Gasteiger partial charge in [0.15, 0.2) is 0 Å². The fourth-order valence-electron chi connectivity index (χ4n) is 7.11. The molecule has 3 saturated carbocycles. The van der Waals surface area contributed by atoms with Gasteiger partial charge in [0, 0.05) is 24.2 Å². The summed E-state index contributed by atoms with van der Waals surface area (Å²) >= 11 is 0. The third-order valence-corrected chi connectivity index (χ3v) is 8.82. The third kappa shape index (κ3) is 5.45. The Hall–Kier alpha value is -0.690. The number of hydrogen-bond acceptors (Lipinski definition) is 5. The Kier molecular flexibility index (Phi) is 7.49. The molecule has 6 nitrogen and oxygen atoms in total. The van der Waals surface area contributed by atoms with Crippen molar-refractivity contribution < 1.29 is 9.53 Å². The highest BCUT2D eigenvalue weighted by Crippen LogP contribution is 2.34. The van der Waals surface area contributed by atoms with Gasteiger partial charge >= 0.3 is 0 Å². The number of nitrogens with one attached hydrogen (secondary N) is 3. The van der Waals surface area contributed by atoms with Crippen molar-refractivity contribution in [3.63, 3.8) is 0 Å². The molecular weight excluding hydrogens is 388 g/mol. The van der Waals surface area contributed by atoms with Gasteiger partial charge in [-0.2, -0.15) is 0 Å². The van der Waals surface area contributed by atoms with Crippen molar-refractivity contribution in [2.24, 2.45) is 5.92 Å². The van der Waals surface area contributed by atoms with Crippen LogP contribution in [0, 0.1) is 5.92 Å². The molecule has 5 atom stereocenters. The number of fused-ring (bicyclic) bond motifs is 1. The van der Waals surface area contributed by atoms with Crippen LogP contribution in [0.15, 0.2) is 0 Å². The molecule has 0 radical (unpaired) electrons. The quantitative estimate of drug-likeness (QED) is 0.602. The van der Waals surface area contributed by atoms with E-state index in [1.807, 2.05) is 0 Å². The minimum absolute atomic E-state index is 0.0907. The molecule has 2 aliphatic heterocycles. The molecule has 31 heavy (non-hydrogen) atoms. The molecule has 0 bridgehead atoms. The first-order valence-electron chi connectivity index (χ1n) is 13.4. The van der Waals surface area contributed by atoms with Crippen LogP contribution < -0.4 is 16.0 Å². The van der Waals surface area contributed by atoms with Gasteiger partial charge in [0.1, 0.15) is 6.61 Å². The Morgan fingerprint density at radius 2 is 1.48 bits per heavy atom. The highest BCUT2D eigenvalue weighted by molar-refractivity contribution is 5.77. The standard InChI is InChI=1S/C25H44N4O2/c30-24(17-31-19-11-5-2-6-12-19)26-22-15-20-21(16-23(22)29-13-7-8-14-29)28-25(27-20)18-9-3-1-4-10-18/h18-23,25,27-28H,1-17H2,(H,26,30). The van der Waals surface area contributed by atoms with Crippen molar-refractivity contribution in [2.75, 3.05) is 19.7 Å². The molecule has 3 aliphatic carbocycles. The van der Waals surface area contributed by atoms with Crippen LogP contribution in [0.3, 0.4) is 0 Å². The summed E-state index contributed by atoms with van der Waals surface area (Å²) in [6, 6.07) is 1.72. The molecule has 5 rings (SSSR count). The van der Waals surface area contributed by atoms with E-state index in [1.54, 1.807) is 0 Å². The van der Waals surface area contributed by atoms with E-state index in [-0.39, 0.29) is 18.6 Å². The lowest BCUT2D eigenvalue weighted by atomic mass is 9.83. The van der Waals surface area contributed by atoms with E-state index >= 15 is 0 Å². The summed E-state index contributed by atoms with van der Waals surface area (Å²) in [7, 11) is 0. The molecule has 5 fully saturated rings. The second kappa shape index (κ2) is 10.5. The molecule has 0 spiro atoms. The van der Waals surface area contributed by atoms with Gasteiger partial charge < -0.3 is 10.1 Å². The Bertz CT molecular complexity index is 584. The number of likely N-dealkylation sites (tertiary alicyclic amines) is 1. The molecule has 176 valence electrons. The number of nitrogens with zero attached hydrogens (tertiary/aromatic N) is 1. The predicted molar refractivity (Wildman–Crippen MR) is 123 cm³/mol. The molecule has 5 aliphatic rings. The van der Waals surface area contributed by atoms with Crippen LogP contribution in [0.5, 0.6) is 0 Å². The normalized spacial score (nSPS) is 38.3. The van der Waals surface area contributed by atoms with E-state index in [0.29, 0.717) is 30.4 Å². The van der Waals surface area contributed by atoms with E-state index in [4.69, 9.17) is 4.74 Å². The summed E-state index contributed by atoms with van der Waals surface area (Å²) in [5, 5.41) is 11.4. The Morgan fingerprint density at radius 1 is 0.839 bits per heavy atom. The third-order valence-electron chi connectivity index (χ3n) is 8.82. The first-order valence-corrected chi connectivity index (χ1v) is 13.4. The summed E-state index contributed by atoms with van der Waals surface area (Å²) in [5.74, 6) is 0.870. The van der Waals surface area contributed by atoms with Gasteiger partial charge in [0.25, 0.3) is 0 Å². The van der Waals surface area contributed by atoms with Crippen LogP contribution in [0.4, 0.5) is 0 Å². The van der Waals surface area contributed by atoms with E-state index in [2.05, 4.69) is 20.9 Å². The van der Waals surface area contributed by atoms with Crippen molar-refractivity contribution >= 4 is 5.91 Å². The zero-order valence-corrected chi connectivity index (χ0v) is 19.3. The highest BCUT2D eigenvalue weighted by atomic mass is 16.5. The first kappa shape index (κ1) is 22.1. The molecule has 0 aromatic rings. The summed E-state index contributed by atoms with van der Waals surface area (Å²) < 4.78 is 5.98. The minimum Gasteiger partial charge on any atom is -0.368 e. The number of amides is 1. The summed E-state index contributed by atoms with van der Waals surface area (Å²) in [4.78, 5) is 15.5. The summed E-state index contributed by atoms with van der Waals surface area (Å²) in [6.07, 6.45) is 18.5. The van der Waals surface area contributed by atoms with Gasteiger partial charge in [-0.25, -0.2) is 0 Å². The monoisotopic (exact) mass is 432 g/mol. The fourth-order valence-corrected chi connectivity index (χ4v) is 7.11. The Labute approximate surface area is 188 Å². The molecule has 2 saturated heterocycles. The largest absolute Gasteiger partial charge is 0.368 e. The molecule has 1 amide bonds. The van der Waals surface area contributed by atoms with Crippen molar-refractivity contribution in [2.45, 2.75) is 126 Å². The van der Waals surface area contributed by atoms with Crippen molar-refractivity contribution in [1.82, 2.24) is 20.9 Å². The topological polar surface area (TPSA) is 65.6 Å². The lowest BCUT2D eigenvalue weighted by Crippen LogP contribution is -2.60. The molecule has 5 unspecified atom stereocenters. The average Bonchev–Trinajstić information content (AvgIpc) is 3.48. The van der Waals surface area contributed by atoms with Gasteiger partial charge in [-0.3, -0.25) is 20.3 Å². The molecule has 3 N–H and O–H groups in total. The van der Waals surface area contributed by atoms with E-state index in [1.165, 1.54) is 77.3 Å². The average molecular weight is 433 g/mol. The van der Waals surface area contributed by atoms with Crippen LogP contribution in [0.2, 0.25) is 0 Å². The summed E-state index contributed by atoms with van der Waals surface area (Å²) in [5.41, 5.74) is 0. The SMILES string of the molecule is O=C(COC1CCCCC1)NC1CC2NC(C3CCCCC3)NC2CC1N1CCCC1. The zero-order chi connectivity index (χ0) is 21.0. The van der Waals surface area contributed by atoms with Crippen LogP contribution >= 0.6 is 0 Å². The maximum atomic E-state index is 12.8. The number of ether oxygens (including phenoxy) is 1. The van der Waals surface area contributed by atoms with Crippen LogP contribution in [-0.4, -0.2) is 66.9 Å². The molecule has 0 aromatic heterocycles. The van der Waals surface area contributed by atoms with Crippen LogP contribution in [0.1, 0.15) is 89.9 Å². The predicted octanol–water partition coefficient (Wildman–Crippen LogP) is 2.92. The van der Waals surface area contributed by atoms with Crippen LogP contribution in [-0.2, 0) is 9.53 Å². The van der Waals surface area contributed by atoms with Gasteiger partial charge in [0.2, 0.25) is 5.91 Å². The van der Waals surface area contributed by atoms with E-state index in [9.17, 15) is 4.79 Å². The summed E-state index contributed by atoms with van der Waals surface area (Å²) in [6.45, 7) is 2.61. The first-order chi connectivity index (χ1) is 15.3. The Balaban J connectivity index is 1.18. The lowest BCUT2D eigenvalue weighted by Gasteiger charge is -2.43. The molecular formula is C25H44N4O2. The number of hydrogen-bond donors (Lipinski definition) is 3. The van der Waals surface area contributed by atoms with Crippen LogP contribution in [0.25, 0.3) is 0 Å². The number of carbonyl (C=O) groups is 1. The Morgan fingerprint density at radius 3 is 2.19 bits per heavy atom. The second-order valence-corrected chi connectivity index (χ2v) is 10.9. The van der Waals surface area contributed by atoms with Crippen molar-refractivity contribution in [1.29, 1.82) is 0 Å². The van der Waals surface area contributed by atoms with Crippen molar-refractivity contribution in [3.05, 3.63) is 0 Å². The van der Waals surface area contributed by atoms with Crippen molar-refractivity contribution in [3.8, 4) is 0 Å². The fraction of sp³-hybridized carbons (Fsp3) is 0.960. The smallest absolute Gasteiger partial charge is 0.246 e. The second-order valence-electron chi connectivity index (χ2n) is 10.9. The van der Waals surface area contributed by atoms with Gasteiger partial charge in [-0.05, 0) is 70.4 Å². The highest BCUT2D eigenvalue weighted by Gasteiger charge is 2.46. The molecule has 2 heterocycles. The maximum Gasteiger partial charge on any atom is 0.246 e. The van der Waals surface area contributed by atoms with Gasteiger partial charge in [-0.1, -0.05) is 38.5 Å². The lowest BCUT2D eigenvalue weighted by molar-refractivity contribution is -0.130. The number of rotatable bonds is 6. The van der Waals surface area contributed by atoms with Gasteiger partial charge in [0.05, 0.1) is 12.3 Å². The maximum absolute atomic E-state index is 12.8. The molecule has 6 heteroatoms.